The monoisotopic (exact) mass is 272 g/mol. The van der Waals surface area contributed by atoms with Gasteiger partial charge in [0.2, 0.25) is 5.82 Å². The Balaban J connectivity index is 1.64. The zero-order valence-electron chi connectivity index (χ0n) is 10.8. The smallest absolute Gasteiger partial charge is 0.280 e. The molecule has 1 aliphatic heterocycles. The third-order valence-electron chi connectivity index (χ3n) is 3.39. The number of hydrogen-bond acceptors (Lipinski definition) is 7. The number of furan rings is 1. The van der Waals surface area contributed by atoms with Crippen LogP contribution in [0.25, 0.3) is 23.0 Å². The lowest BCUT2D eigenvalue weighted by molar-refractivity contribution is 0.313. The lowest BCUT2D eigenvalue weighted by atomic mass is 10.2. The van der Waals surface area contributed by atoms with Crippen LogP contribution in [0, 0.1) is 6.92 Å². The van der Waals surface area contributed by atoms with Crippen molar-refractivity contribution in [1.82, 2.24) is 30.5 Å². The summed E-state index contributed by atoms with van der Waals surface area (Å²) in [5, 5.41) is 15.3. The fourth-order valence-corrected chi connectivity index (χ4v) is 2.07. The van der Waals surface area contributed by atoms with Crippen molar-refractivity contribution in [2.24, 2.45) is 0 Å². The van der Waals surface area contributed by atoms with Gasteiger partial charge in [0, 0.05) is 13.1 Å². The molecule has 3 aromatic rings. The Bertz CT molecular complexity index is 739. The molecule has 102 valence electrons. The molecule has 0 unspecified atom stereocenters. The standard InChI is InChI=1S/C12H12N6O2/c1-7-9(2-3-19-7)11-14-12(20-16-11)10-6-18(17-15-10)8-4-13-5-8/h2-3,6,8,13H,4-5H2,1H3. The summed E-state index contributed by atoms with van der Waals surface area (Å²) in [6, 6.07) is 2.16. The van der Waals surface area contributed by atoms with E-state index in [0.29, 0.717) is 23.5 Å². The van der Waals surface area contributed by atoms with Crippen molar-refractivity contribution < 1.29 is 8.94 Å². The summed E-state index contributed by atoms with van der Waals surface area (Å²) >= 11 is 0. The largest absolute Gasteiger partial charge is 0.469 e. The van der Waals surface area contributed by atoms with Gasteiger partial charge in [-0.3, -0.25) is 0 Å². The van der Waals surface area contributed by atoms with Crippen LogP contribution < -0.4 is 5.32 Å². The van der Waals surface area contributed by atoms with Gasteiger partial charge in [-0.05, 0) is 13.0 Å². The van der Waals surface area contributed by atoms with Gasteiger partial charge in [-0.1, -0.05) is 10.4 Å². The van der Waals surface area contributed by atoms with Gasteiger partial charge in [0.05, 0.1) is 24.1 Å². The second kappa shape index (κ2) is 4.27. The molecule has 0 atom stereocenters. The third kappa shape index (κ3) is 1.73. The Labute approximate surface area is 113 Å². The Morgan fingerprint density at radius 1 is 1.40 bits per heavy atom. The lowest BCUT2D eigenvalue weighted by Gasteiger charge is -2.26. The van der Waals surface area contributed by atoms with E-state index >= 15 is 0 Å². The van der Waals surface area contributed by atoms with Crippen LogP contribution in [0.3, 0.4) is 0 Å². The average molecular weight is 272 g/mol. The first-order chi connectivity index (χ1) is 9.81. The maximum absolute atomic E-state index is 5.24. The van der Waals surface area contributed by atoms with E-state index in [1.165, 1.54) is 0 Å². The Morgan fingerprint density at radius 3 is 3.00 bits per heavy atom. The maximum Gasteiger partial charge on any atom is 0.280 e. The molecule has 1 fully saturated rings. The van der Waals surface area contributed by atoms with E-state index in [9.17, 15) is 0 Å². The summed E-state index contributed by atoms with van der Waals surface area (Å²) in [7, 11) is 0. The molecule has 1 saturated heterocycles. The highest BCUT2D eigenvalue weighted by Crippen LogP contribution is 2.24. The minimum atomic E-state index is 0.356. The van der Waals surface area contributed by atoms with Crippen molar-refractivity contribution in [3.8, 4) is 23.0 Å². The van der Waals surface area contributed by atoms with E-state index in [4.69, 9.17) is 8.94 Å². The summed E-state index contributed by atoms with van der Waals surface area (Å²) in [6.45, 7) is 3.67. The van der Waals surface area contributed by atoms with E-state index in [1.54, 1.807) is 12.3 Å². The minimum absolute atomic E-state index is 0.356. The van der Waals surface area contributed by atoms with Gasteiger partial charge >= 0.3 is 0 Å². The Kier molecular flexibility index (Phi) is 2.43. The molecule has 20 heavy (non-hydrogen) atoms. The molecular formula is C12H12N6O2. The van der Waals surface area contributed by atoms with Crippen molar-refractivity contribution in [2.75, 3.05) is 13.1 Å². The van der Waals surface area contributed by atoms with E-state index < -0.39 is 0 Å². The molecule has 8 nitrogen and oxygen atoms in total. The molecule has 1 N–H and O–H groups in total. The van der Waals surface area contributed by atoms with E-state index in [-0.39, 0.29) is 0 Å². The van der Waals surface area contributed by atoms with Gasteiger partial charge in [0.15, 0.2) is 5.69 Å². The summed E-state index contributed by atoms with van der Waals surface area (Å²) in [6.07, 6.45) is 3.42. The molecule has 8 heteroatoms. The van der Waals surface area contributed by atoms with Crippen molar-refractivity contribution in [3.63, 3.8) is 0 Å². The summed E-state index contributed by atoms with van der Waals surface area (Å²) in [5.41, 5.74) is 1.40. The summed E-state index contributed by atoms with van der Waals surface area (Å²) in [4.78, 5) is 4.33. The average Bonchev–Trinajstić information content (AvgIpc) is 3.04. The molecule has 0 bridgehead atoms. The van der Waals surface area contributed by atoms with Gasteiger partial charge in [-0.2, -0.15) is 4.98 Å². The molecular weight excluding hydrogens is 260 g/mol. The van der Waals surface area contributed by atoms with Crippen LogP contribution in [0.15, 0.2) is 27.5 Å². The molecule has 0 amide bonds. The number of aryl methyl sites for hydroxylation is 1. The van der Waals surface area contributed by atoms with Crippen molar-refractivity contribution >= 4 is 0 Å². The first kappa shape index (κ1) is 11.4. The fourth-order valence-electron chi connectivity index (χ4n) is 2.07. The number of hydrogen-bond donors (Lipinski definition) is 1. The van der Waals surface area contributed by atoms with Crippen LogP contribution in [0.4, 0.5) is 0 Å². The minimum Gasteiger partial charge on any atom is -0.469 e. The molecule has 4 heterocycles. The quantitative estimate of drug-likeness (QED) is 0.761. The van der Waals surface area contributed by atoms with Crippen LogP contribution in [-0.2, 0) is 0 Å². The molecule has 0 aliphatic carbocycles. The van der Waals surface area contributed by atoms with Crippen molar-refractivity contribution in [1.29, 1.82) is 0 Å². The van der Waals surface area contributed by atoms with Crippen molar-refractivity contribution in [3.05, 3.63) is 24.3 Å². The first-order valence-electron chi connectivity index (χ1n) is 6.32. The zero-order valence-corrected chi connectivity index (χ0v) is 10.8. The van der Waals surface area contributed by atoms with Crippen LogP contribution in [0.2, 0.25) is 0 Å². The van der Waals surface area contributed by atoms with Gasteiger partial charge in [-0.25, -0.2) is 4.68 Å². The second-order valence-corrected chi connectivity index (χ2v) is 4.71. The number of aromatic nitrogens is 5. The molecule has 0 spiro atoms. The topological polar surface area (TPSA) is 94.8 Å². The van der Waals surface area contributed by atoms with E-state index in [2.05, 4.69) is 25.8 Å². The molecule has 1 aliphatic rings. The summed E-state index contributed by atoms with van der Waals surface area (Å²) < 4.78 is 12.3. The van der Waals surface area contributed by atoms with Gasteiger partial charge in [-0.15, -0.1) is 5.10 Å². The predicted octanol–water partition coefficient (Wildman–Crippen LogP) is 1.04. The Hall–Kier alpha value is -2.48. The predicted molar refractivity (Wildman–Crippen MR) is 67.7 cm³/mol. The first-order valence-corrected chi connectivity index (χ1v) is 6.32. The number of nitrogens with one attached hydrogen (secondary N) is 1. The van der Waals surface area contributed by atoms with E-state index in [1.807, 2.05) is 17.8 Å². The fraction of sp³-hybridized carbons (Fsp3) is 0.333. The van der Waals surface area contributed by atoms with Crippen LogP contribution >= 0.6 is 0 Å². The van der Waals surface area contributed by atoms with Crippen molar-refractivity contribution in [2.45, 2.75) is 13.0 Å². The van der Waals surface area contributed by atoms with Gasteiger partial charge < -0.3 is 14.3 Å². The highest BCUT2D eigenvalue weighted by atomic mass is 16.5. The van der Waals surface area contributed by atoms with Crippen LogP contribution in [-0.4, -0.2) is 38.2 Å². The second-order valence-electron chi connectivity index (χ2n) is 4.71. The molecule has 0 saturated carbocycles. The normalized spacial score (nSPS) is 15.4. The maximum atomic E-state index is 5.24. The third-order valence-corrected chi connectivity index (χ3v) is 3.39. The zero-order chi connectivity index (χ0) is 13.5. The highest BCUT2D eigenvalue weighted by Gasteiger charge is 2.22. The number of rotatable bonds is 3. The summed E-state index contributed by atoms with van der Waals surface area (Å²) in [5.74, 6) is 1.60. The lowest BCUT2D eigenvalue weighted by Crippen LogP contribution is -2.43. The SMILES string of the molecule is Cc1occc1-c1noc(-c2cn(C3CNC3)nn2)n1. The molecule has 3 aromatic heterocycles. The van der Waals surface area contributed by atoms with Gasteiger partial charge in [0.25, 0.3) is 5.89 Å². The molecule has 4 rings (SSSR count). The van der Waals surface area contributed by atoms with Crippen LogP contribution in [0.5, 0.6) is 0 Å². The van der Waals surface area contributed by atoms with Crippen LogP contribution in [0.1, 0.15) is 11.8 Å². The molecule has 0 aromatic carbocycles. The highest BCUT2D eigenvalue weighted by molar-refractivity contribution is 5.58. The van der Waals surface area contributed by atoms with Gasteiger partial charge in [0.1, 0.15) is 5.76 Å². The molecule has 0 radical (unpaired) electrons. The van der Waals surface area contributed by atoms with E-state index in [0.717, 1.165) is 24.4 Å². The Morgan fingerprint density at radius 2 is 2.30 bits per heavy atom. The number of nitrogens with zero attached hydrogens (tertiary/aromatic N) is 5.